The second kappa shape index (κ2) is 4.29. The van der Waals surface area contributed by atoms with Crippen molar-refractivity contribution in [1.29, 1.82) is 0 Å². The number of hydrogen-bond donors (Lipinski definition) is 0. The van der Waals surface area contributed by atoms with Crippen molar-refractivity contribution >= 4 is 11.8 Å². The average Bonchev–Trinajstić information content (AvgIpc) is 2.06. The highest BCUT2D eigenvalue weighted by molar-refractivity contribution is 7.98. The second-order valence-corrected chi connectivity index (χ2v) is 2.86. The smallest absolute Gasteiger partial charge is 0.128 e. The molecule has 1 aromatic rings. The molecule has 0 N–H and O–H groups in total. The summed E-state index contributed by atoms with van der Waals surface area (Å²) in [6, 6.07) is 9.06. The van der Waals surface area contributed by atoms with E-state index in [-0.39, 0.29) is 0 Å². The van der Waals surface area contributed by atoms with Crippen molar-refractivity contribution in [2.45, 2.75) is 11.8 Å². The maximum atomic E-state index is 5.28. The van der Waals surface area contributed by atoms with Crippen LogP contribution < -0.4 is 4.74 Å². The molecule has 0 atom stereocenters. The largest absolute Gasteiger partial charge is 0.493 e. The maximum absolute atomic E-state index is 5.28. The molecule has 0 aliphatic rings. The Labute approximate surface area is 71.8 Å². The fourth-order valence-corrected chi connectivity index (χ4v) is 1.20. The van der Waals surface area contributed by atoms with E-state index < -0.39 is 0 Å². The highest BCUT2D eigenvalue weighted by Crippen LogP contribution is 2.19. The Hall–Kier alpha value is -0.630. The van der Waals surface area contributed by atoms with Gasteiger partial charge in [0.1, 0.15) is 5.75 Å². The normalized spacial score (nSPS) is 9.64. The van der Waals surface area contributed by atoms with Crippen LogP contribution in [0.4, 0.5) is 0 Å². The van der Waals surface area contributed by atoms with Gasteiger partial charge in [-0.1, -0.05) is 6.07 Å². The first kappa shape index (κ1) is 8.47. The molecule has 0 unspecified atom stereocenters. The van der Waals surface area contributed by atoms with Gasteiger partial charge in [0, 0.05) is 11.0 Å². The molecule has 11 heavy (non-hydrogen) atoms. The molecule has 0 aliphatic carbocycles. The molecule has 1 nitrogen and oxygen atoms in total. The minimum absolute atomic E-state index is 0.703. The van der Waals surface area contributed by atoms with Crippen molar-refractivity contribution in [1.82, 2.24) is 0 Å². The lowest BCUT2D eigenvalue weighted by molar-refractivity contribution is 0.338. The highest BCUT2D eigenvalue weighted by Gasteiger charge is 1.93. The van der Waals surface area contributed by atoms with Crippen LogP contribution in [0.15, 0.2) is 23.1 Å². The van der Waals surface area contributed by atoms with Crippen molar-refractivity contribution in [3.8, 4) is 5.75 Å². The summed E-state index contributed by atoms with van der Waals surface area (Å²) < 4.78 is 5.28. The maximum Gasteiger partial charge on any atom is 0.128 e. The highest BCUT2D eigenvalue weighted by atomic mass is 32.2. The van der Waals surface area contributed by atoms with Gasteiger partial charge >= 0.3 is 0 Å². The molecule has 0 aromatic heterocycles. The molecule has 1 rings (SSSR count). The summed E-state index contributed by atoms with van der Waals surface area (Å²) in [4.78, 5) is 1.12. The van der Waals surface area contributed by atoms with E-state index in [4.69, 9.17) is 4.74 Å². The monoisotopic (exact) mass is 167 g/mol. The van der Waals surface area contributed by atoms with Gasteiger partial charge in [-0.15, -0.1) is 11.8 Å². The topological polar surface area (TPSA) is 9.23 Å². The first-order valence-electron chi connectivity index (χ1n) is 3.56. The van der Waals surface area contributed by atoms with Gasteiger partial charge in [-0.25, -0.2) is 0 Å². The van der Waals surface area contributed by atoms with Crippen LogP contribution in [0.3, 0.4) is 0 Å². The third-order valence-corrected chi connectivity index (χ3v) is 1.94. The van der Waals surface area contributed by atoms with Crippen molar-refractivity contribution < 1.29 is 4.74 Å². The van der Waals surface area contributed by atoms with E-state index in [2.05, 4.69) is 6.07 Å². The van der Waals surface area contributed by atoms with Crippen LogP contribution in [0.1, 0.15) is 6.92 Å². The van der Waals surface area contributed by atoms with Crippen LogP contribution in [-0.2, 0) is 0 Å². The van der Waals surface area contributed by atoms with Gasteiger partial charge in [0.05, 0.1) is 6.61 Å². The fourth-order valence-electron chi connectivity index (χ4n) is 0.786. The summed E-state index contributed by atoms with van der Waals surface area (Å²) in [5, 5.41) is 0. The van der Waals surface area contributed by atoms with E-state index in [0.29, 0.717) is 6.61 Å². The lowest BCUT2D eigenvalue weighted by Gasteiger charge is -2.02. The van der Waals surface area contributed by atoms with Crippen LogP contribution in [0.25, 0.3) is 0 Å². The Balaban J connectivity index is 2.74. The summed E-state index contributed by atoms with van der Waals surface area (Å²) in [5.74, 6) is 0.833. The Morgan fingerprint density at radius 1 is 1.55 bits per heavy atom. The molecule has 2 heteroatoms. The van der Waals surface area contributed by atoms with E-state index in [1.807, 2.05) is 31.4 Å². The van der Waals surface area contributed by atoms with E-state index in [1.165, 1.54) is 0 Å². The van der Waals surface area contributed by atoms with Crippen molar-refractivity contribution in [2.24, 2.45) is 0 Å². The van der Waals surface area contributed by atoms with Gasteiger partial charge < -0.3 is 4.74 Å². The third kappa shape index (κ3) is 2.46. The minimum atomic E-state index is 0.703. The van der Waals surface area contributed by atoms with E-state index >= 15 is 0 Å². The lowest BCUT2D eigenvalue weighted by atomic mass is 10.3. The number of thioether (sulfide) groups is 1. The molecule has 0 saturated heterocycles. The molecule has 0 amide bonds. The van der Waals surface area contributed by atoms with E-state index in [1.54, 1.807) is 11.8 Å². The zero-order valence-electron chi connectivity index (χ0n) is 6.76. The van der Waals surface area contributed by atoms with Crippen molar-refractivity contribution in [2.75, 3.05) is 12.9 Å². The Bertz CT molecular complexity index is 223. The fraction of sp³-hybridized carbons (Fsp3) is 0.333. The Morgan fingerprint density at radius 2 is 2.36 bits per heavy atom. The molecule has 59 valence electrons. The summed E-state index contributed by atoms with van der Waals surface area (Å²) in [5.41, 5.74) is 0. The summed E-state index contributed by atoms with van der Waals surface area (Å²) in [6.45, 7) is 2.67. The number of hydrogen-bond acceptors (Lipinski definition) is 2. The van der Waals surface area contributed by atoms with Crippen molar-refractivity contribution in [3.05, 3.63) is 24.3 Å². The average molecular weight is 167 g/mol. The van der Waals surface area contributed by atoms with Gasteiger partial charge in [-0.2, -0.15) is 0 Å². The zero-order valence-corrected chi connectivity index (χ0v) is 7.57. The van der Waals surface area contributed by atoms with Gasteiger partial charge in [0.15, 0.2) is 0 Å². The molecule has 0 aliphatic heterocycles. The first-order valence-corrected chi connectivity index (χ1v) is 4.78. The zero-order chi connectivity index (χ0) is 8.10. The van der Waals surface area contributed by atoms with Crippen LogP contribution >= 0.6 is 11.8 Å². The SMILES string of the molecule is CCOc1[c]c(SC)ccc1. The molecule has 0 bridgehead atoms. The van der Waals surface area contributed by atoms with Gasteiger partial charge in [-0.05, 0) is 25.3 Å². The van der Waals surface area contributed by atoms with Crippen LogP contribution in [-0.4, -0.2) is 12.9 Å². The molecule has 0 heterocycles. The predicted octanol–water partition coefficient (Wildman–Crippen LogP) is 2.61. The molecule has 0 fully saturated rings. The Morgan fingerprint density at radius 3 is 3.00 bits per heavy atom. The van der Waals surface area contributed by atoms with Gasteiger partial charge in [-0.3, -0.25) is 0 Å². The summed E-state index contributed by atoms with van der Waals surface area (Å²) in [7, 11) is 0. The van der Waals surface area contributed by atoms with Gasteiger partial charge in [0.2, 0.25) is 0 Å². The van der Waals surface area contributed by atoms with E-state index in [0.717, 1.165) is 10.6 Å². The number of rotatable bonds is 3. The molecular formula is C9H11OS. The second-order valence-electron chi connectivity index (χ2n) is 2.02. The van der Waals surface area contributed by atoms with Crippen LogP contribution in [0.2, 0.25) is 0 Å². The molecule has 0 saturated carbocycles. The molecular weight excluding hydrogens is 156 g/mol. The summed E-state index contributed by atoms with van der Waals surface area (Å²) in [6.07, 6.45) is 2.03. The standard InChI is InChI=1S/C9H11OS/c1-3-10-8-5-4-6-9(7-8)11-2/h4-6H,3H2,1-2H3. The van der Waals surface area contributed by atoms with Crippen molar-refractivity contribution in [3.63, 3.8) is 0 Å². The number of benzene rings is 1. The lowest BCUT2D eigenvalue weighted by Crippen LogP contribution is -1.90. The summed E-state index contributed by atoms with van der Waals surface area (Å²) >= 11 is 1.67. The number of ether oxygens (including phenoxy) is 1. The predicted molar refractivity (Wildman–Crippen MR) is 48.2 cm³/mol. The molecule has 1 aromatic carbocycles. The van der Waals surface area contributed by atoms with Gasteiger partial charge in [0.25, 0.3) is 0 Å². The molecule has 0 spiro atoms. The van der Waals surface area contributed by atoms with E-state index in [9.17, 15) is 0 Å². The minimum Gasteiger partial charge on any atom is -0.493 e. The van der Waals surface area contributed by atoms with Crippen LogP contribution in [0.5, 0.6) is 5.75 Å². The first-order chi connectivity index (χ1) is 5.36. The van der Waals surface area contributed by atoms with Crippen LogP contribution in [0, 0.1) is 6.07 Å². The molecule has 1 radical (unpaired) electrons. The Kier molecular flexibility index (Phi) is 3.30. The quantitative estimate of drug-likeness (QED) is 0.640. The third-order valence-electron chi connectivity index (χ3n) is 1.26.